The lowest BCUT2D eigenvalue weighted by molar-refractivity contribution is -0.127. The molecule has 1 aliphatic heterocycles. The van der Waals surface area contributed by atoms with E-state index < -0.39 is 0 Å². The van der Waals surface area contributed by atoms with Crippen LogP contribution in [0.25, 0.3) is 0 Å². The summed E-state index contributed by atoms with van der Waals surface area (Å²) in [5.41, 5.74) is 0. The predicted octanol–water partition coefficient (Wildman–Crippen LogP) is 2.77. The number of unbranched alkanes of at least 4 members (excludes halogenated alkanes) is 3. The second kappa shape index (κ2) is 14.6. The number of guanidine groups is 1. The number of ether oxygens (including phenoxy) is 1. The third kappa shape index (κ3) is 11.6. The number of aliphatic imine (C=N–C) groups is 1. The zero-order valence-corrected chi connectivity index (χ0v) is 18.7. The van der Waals surface area contributed by atoms with Crippen LogP contribution in [-0.2, 0) is 9.53 Å². The van der Waals surface area contributed by atoms with Crippen LogP contribution < -0.4 is 10.6 Å². The molecule has 0 radical (unpaired) electrons. The summed E-state index contributed by atoms with van der Waals surface area (Å²) in [6.45, 7) is 6.15. The van der Waals surface area contributed by atoms with E-state index in [1.165, 1.54) is 25.7 Å². The second-order valence-corrected chi connectivity index (χ2v) is 6.86. The molecule has 0 aliphatic carbocycles. The zero-order valence-electron chi connectivity index (χ0n) is 16.3. The number of hydrogen-bond donors (Lipinski definition) is 2. The summed E-state index contributed by atoms with van der Waals surface area (Å²) in [6.07, 6.45) is 8.62. The Balaban J connectivity index is 0.00000576. The van der Waals surface area contributed by atoms with E-state index in [4.69, 9.17) is 4.74 Å². The van der Waals surface area contributed by atoms with Crippen LogP contribution in [-0.4, -0.2) is 62.7 Å². The molecule has 1 rings (SSSR count). The highest BCUT2D eigenvalue weighted by molar-refractivity contribution is 14.0. The lowest BCUT2D eigenvalue weighted by Crippen LogP contribution is -2.45. The van der Waals surface area contributed by atoms with Crippen molar-refractivity contribution in [1.82, 2.24) is 15.5 Å². The highest BCUT2D eigenvalue weighted by Gasteiger charge is 2.16. The van der Waals surface area contributed by atoms with E-state index in [2.05, 4.69) is 29.5 Å². The van der Waals surface area contributed by atoms with Crippen molar-refractivity contribution >= 4 is 35.8 Å². The van der Waals surface area contributed by atoms with E-state index >= 15 is 0 Å². The Bertz CT molecular complexity index is 385. The largest absolute Gasteiger partial charge is 0.376 e. The van der Waals surface area contributed by atoms with Crippen molar-refractivity contribution in [2.24, 2.45) is 4.99 Å². The number of likely N-dealkylation sites (N-methyl/N-ethyl adjacent to an activating group) is 1. The van der Waals surface area contributed by atoms with Gasteiger partial charge in [-0.1, -0.05) is 32.6 Å². The summed E-state index contributed by atoms with van der Waals surface area (Å²) in [4.78, 5) is 17.8. The molecule has 0 spiro atoms. The number of carbonyl (C=O) groups excluding carboxylic acids is 1. The molecule has 1 amide bonds. The molecule has 6 nitrogen and oxygen atoms in total. The fourth-order valence-electron chi connectivity index (χ4n) is 2.64. The van der Waals surface area contributed by atoms with Gasteiger partial charge in [-0.2, -0.15) is 0 Å². The van der Waals surface area contributed by atoms with Crippen molar-refractivity contribution in [1.29, 1.82) is 0 Å². The van der Waals surface area contributed by atoms with E-state index in [0.717, 1.165) is 32.4 Å². The third-order valence-corrected chi connectivity index (χ3v) is 4.27. The van der Waals surface area contributed by atoms with Gasteiger partial charge >= 0.3 is 0 Å². The standard InChI is InChI=1S/C18H36N4O2.HI/c1-5-6-7-8-10-15(2)21-18(20-14-17(23)22(3)4)19-13-16-11-9-12-24-16;/h15-16H,5-14H2,1-4H3,(H2,19,20,21);1H. The van der Waals surface area contributed by atoms with E-state index in [1.54, 1.807) is 19.0 Å². The molecule has 1 saturated heterocycles. The van der Waals surface area contributed by atoms with Crippen molar-refractivity contribution < 1.29 is 9.53 Å². The SMILES string of the molecule is CCCCCCC(C)NC(=NCC(=O)N(C)C)NCC1CCCO1.I. The summed E-state index contributed by atoms with van der Waals surface area (Å²) in [5, 5.41) is 6.76. The van der Waals surface area contributed by atoms with Gasteiger partial charge in [-0.05, 0) is 26.2 Å². The molecule has 2 N–H and O–H groups in total. The summed E-state index contributed by atoms with van der Waals surface area (Å²) < 4.78 is 5.64. The van der Waals surface area contributed by atoms with E-state index in [0.29, 0.717) is 12.0 Å². The summed E-state index contributed by atoms with van der Waals surface area (Å²) in [6, 6.07) is 0.340. The number of nitrogens with one attached hydrogen (secondary N) is 2. The molecule has 2 atom stereocenters. The van der Waals surface area contributed by atoms with E-state index in [-0.39, 0.29) is 42.5 Å². The fraction of sp³-hybridized carbons (Fsp3) is 0.889. The minimum atomic E-state index is 0. The zero-order chi connectivity index (χ0) is 17.8. The van der Waals surface area contributed by atoms with Gasteiger partial charge in [-0.25, -0.2) is 4.99 Å². The number of halogens is 1. The molecule has 0 bridgehead atoms. The maximum Gasteiger partial charge on any atom is 0.243 e. The first-order chi connectivity index (χ1) is 11.5. The number of amides is 1. The third-order valence-electron chi connectivity index (χ3n) is 4.27. The Labute approximate surface area is 170 Å². The molecule has 1 fully saturated rings. The molecule has 25 heavy (non-hydrogen) atoms. The van der Waals surface area contributed by atoms with Crippen molar-refractivity contribution in [3.05, 3.63) is 0 Å². The first-order valence-corrected chi connectivity index (χ1v) is 9.39. The van der Waals surface area contributed by atoms with Gasteiger partial charge in [0.05, 0.1) is 6.10 Å². The van der Waals surface area contributed by atoms with Crippen LogP contribution >= 0.6 is 24.0 Å². The molecular formula is C18H37IN4O2. The topological polar surface area (TPSA) is 66.0 Å². The van der Waals surface area contributed by atoms with Crippen LogP contribution in [0.1, 0.15) is 58.8 Å². The van der Waals surface area contributed by atoms with Gasteiger partial charge in [0.25, 0.3) is 0 Å². The molecule has 148 valence electrons. The van der Waals surface area contributed by atoms with Crippen LogP contribution in [0, 0.1) is 0 Å². The van der Waals surface area contributed by atoms with Gasteiger partial charge in [0, 0.05) is 33.3 Å². The van der Waals surface area contributed by atoms with E-state index in [1.807, 2.05) is 0 Å². The Morgan fingerprint density at radius 3 is 2.68 bits per heavy atom. The van der Waals surface area contributed by atoms with Crippen molar-refractivity contribution in [2.45, 2.75) is 70.9 Å². The normalized spacial score (nSPS) is 18.4. The Morgan fingerprint density at radius 1 is 1.32 bits per heavy atom. The van der Waals surface area contributed by atoms with Crippen LogP contribution in [0.15, 0.2) is 4.99 Å². The summed E-state index contributed by atoms with van der Waals surface area (Å²) in [7, 11) is 3.50. The van der Waals surface area contributed by atoms with E-state index in [9.17, 15) is 4.79 Å². The van der Waals surface area contributed by atoms with Gasteiger partial charge in [0.1, 0.15) is 6.54 Å². The van der Waals surface area contributed by atoms with Crippen molar-refractivity contribution in [3.8, 4) is 0 Å². The van der Waals surface area contributed by atoms with Gasteiger partial charge < -0.3 is 20.3 Å². The number of carbonyl (C=O) groups is 1. The first kappa shape index (κ1) is 24.4. The number of rotatable bonds is 10. The molecule has 1 heterocycles. The van der Waals surface area contributed by atoms with Gasteiger partial charge in [-0.3, -0.25) is 4.79 Å². The van der Waals surface area contributed by atoms with Crippen LogP contribution in [0.5, 0.6) is 0 Å². The molecule has 0 aromatic carbocycles. The molecule has 0 aromatic rings. The van der Waals surface area contributed by atoms with Crippen LogP contribution in [0.2, 0.25) is 0 Å². The average Bonchev–Trinajstić information content (AvgIpc) is 3.07. The minimum absolute atomic E-state index is 0. The Kier molecular flexibility index (Phi) is 14.3. The molecule has 0 aromatic heterocycles. The van der Waals surface area contributed by atoms with Crippen molar-refractivity contribution in [2.75, 3.05) is 33.8 Å². The summed E-state index contributed by atoms with van der Waals surface area (Å²) >= 11 is 0. The minimum Gasteiger partial charge on any atom is -0.376 e. The maximum atomic E-state index is 11.8. The Hall–Kier alpha value is -0.570. The van der Waals surface area contributed by atoms with Crippen molar-refractivity contribution in [3.63, 3.8) is 0 Å². The first-order valence-electron chi connectivity index (χ1n) is 9.39. The van der Waals surface area contributed by atoms with Gasteiger partial charge in [-0.15, -0.1) is 24.0 Å². The highest BCUT2D eigenvalue weighted by atomic mass is 127. The molecule has 0 saturated carbocycles. The molecular weight excluding hydrogens is 431 g/mol. The highest BCUT2D eigenvalue weighted by Crippen LogP contribution is 2.10. The predicted molar refractivity (Wildman–Crippen MR) is 115 cm³/mol. The lowest BCUT2D eigenvalue weighted by atomic mass is 10.1. The molecule has 1 aliphatic rings. The van der Waals surface area contributed by atoms with Crippen LogP contribution in [0.3, 0.4) is 0 Å². The van der Waals surface area contributed by atoms with Crippen LogP contribution in [0.4, 0.5) is 0 Å². The number of nitrogens with zero attached hydrogens (tertiary/aromatic N) is 2. The summed E-state index contributed by atoms with van der Waals surface area (Å²) in [5.74, 6) is 0.715. The van der Waals surface area contributed by atoms with Gasteiger partial charge in [0.2, 0.25) is 5.91 Å². The monoisotopic (exact) mass is 468 g/mol. The average molecular weight is 468 g/mol. The molecule has 2 unspecified atom stereocenters. The lowest BCUT2D eigenvalue weighted by Gasteiger charge is -2.20. The smallest absolute Gasteiger partial charge is 0.243 e. The van der Waals surface area contributed by atoms with Gasteiger partial charge in [0.15, 0.2) is 5.96 Å². The Morgan fingerprint density at radius 2 is 2.08 bits per heavy atom. The maximum absolute atomic E-state index is 11.8. The fourth-order valence-corrected chi connectivity index (χ4v) is 2.64. The number of hydrogen-bond acceptors (Lipinski definition) is 3. The second-order valence-electron chi connectivity index (χ2n) is 6.86. The molecule has 7 heteroatoms. The quantitative estimate of drug-likeness (QED) is 0.224.